The molecule has 3 aromatic rings. The Morgan fingerprint density at radius 1 is 1.00 bits per heavy atom. The standard InChI is InChI=1S/C14H8F3N3O/c15-8-5-6-11(18-7-8)14(16,17)13-19-10-4-2-1-3-9(10)12(21)20-13/h1-7H,(H,19,20,21). The van der Waals surface area contributed by atoms with Crippen LogP contribution in [0.15, 0.2) is 42.6 Å². The Hall–Kier alpha value is -2.70. The van der Waals surface area contributed by atoms with E-state index >= 15 is 0 Å². The van der Waals surface area contributed by atoms with E-state index in [2.05, 4.69) is 15.0 Å². The molecule has 0 saturated heterocycles. The van der Waals surface area contributed by atoms with Gasteiger partial charge in [0.2, 0.25) is 11.7 Å². The van der Waals surface area contributed by atoms with Crippen LogP contribution in [-0.4, -0.2) is 20.1 Å². The van der Waals surface area contributed by atoms with E-state index in [1.807, 2.05) is 0 Å². The van der Waals surface area contributed by atoms with Crippen LogP contribution in [0.25, 0.3) is 10.9 Å². The SMILES string of the molecule is Oc1nc(C(F)(F)c2ccc(F)cn2)nc2ccccc12. The van der Waals surface area contributed by atoms with E-state index in [9.17, 15) is 18.3 Å². The van der Waals surface area contributed by atoms with Crippen molar-refractivity contribution < 1.29 is 18.3 Å². The number of alkyl halides is 2. The van der Waals surface area contributed by atoms with Crippen LogP contribution in [0.4, 0.5) is 13.2 Å². The summed E-state index contributed by atoms with van der Waals surface area (Å²) in [7, 11) is 0. The highest BCUT2D eigenvalue weighted by Crippen LogP contribution is 2.34. The molecule has 1 aromatic carbocycles. The van der Waals surface area contributed by atoms with Gasteiger partial charge in [-0.15, -0.1) is 0 Å². The zero-order valence-corrected chi connectivity index (χ0v) is 10.5. The second kappa shape index (κ2) is 4.69. The Labute approximate surface area is 116 Å². The minimum atomic E-state index is -3.64. The van der Waals surface area contributed by atoms with E-state index < -0.39 is 29.1 Å². The fraction of sp³-hybridized carbons (Fsp3) is 0.0714. The number of aromatic hydroxyl groups is 1. The average Bonchev–Trinajstić information content (AvgIpc) is 2.47. The van der Waals surface area contributed by atoms with Crippen molar-refractivity contribution in [3.63, 3.8) is 0 Å². The second-order valence-corrected chi connectivity index (χ2v) is 4.32. The highest BCUT2D eigenvalue weighted by atomic mass is 19.3. The van der Waals surface area contributed by atoms with Crippen LogP contribution >= 0.6 is 0 Å². The summed E-state index contributed by atoms with van der Waals surface area (Å²) in [6.45, 7) is 0. The van der Waals surface area contributed by atoms with Crippen LogP contribution in [0.5, 0.6) is 5.88 Å². The molecule has 0 spiro atoms. The maximum absolute atomic E-state index is 14.3. The van der Waals surface area contributed by atoms with Crippen LogP contribution in [0.3, 0.4) is 0 Å². The third-order valence-electron chi connectivity index (χ3n) is 2.91. The van der Waals surface area contributed by atoms with Crippen molar-refractivity contribution >= 4 is 10.9 Å². The first-order chi connectivity index (χ1) is 9.98. The monoisotopic (exact) mass is 291 g/mol. The van der Waals surface area contributed by atoms with Gasteiger partial charge in [0.1, 0.15) is 11.5 Å². The molecule has 0 unspecified atom stereocenters. The summed E-state index contributed by atoms with van der Waals surface area (Å²) in [5, 5.41) is 10.0. The van der Waals surface area contributed by atoms with Gasteiger partial charge in [0, 0.05) is 0 Å². The number of rotatable bonds is 2. The number of fused-ring (bicyclic) bond motifs is 1. The first kappa shape index (κ1) is 13.3. The number of pyridine rings is 1. The molecule has 7 heteroatoms. The zero-order chi connectivity index (χ0) is 15.0. The third kappa shape index (κ3) is 2.26. The Morgan fingerprint density at radius 2 is 1.76 bits per heavy atom. The summed E-state index contributed by atoms with van der Waals surface area (Å²) in [5.41, 5.74) is -0.514. The fourth-order valence-electron chi connectivity index (χ4n) is 1.88. The lowest BCUT2D eigenvalue weighted by molar-refractivity contribution is 0.0277. The minimum absolute atomic E-state index is 0.182. The van der Waals surface area contributed by atoms with Crippen LogP contribution in [-0.2, 0) is 5.92 Å². The molecule has 1 N–H and O–H groups in total. The van der Waals surface area contributed by atoms with Gasteiger partial charge in [-0.25, -0.2) is 9.37 Å². The summed E-state index contributed by atoms with van der Waals surface area (Å²) in [6.07, 6.45) is 0.685. The molecule has 21 heavy (non-hydrogen) atoms. The Kier molecular flexibility index (Phi) is 2.97. The Balaban J connectivity index is 2.16. The first-order valence-electron chi connectivity index (χ1n) is 5.94. The summed E-state index contributed by atoms with van der Waals surface area (Å²) < 4.78 is 41.4. The number of halogens is 3. The second-order valence-electron chi connectivity index (χ2n) is 4.32. The van der Waals surface area contributed by atoms with Gasteiger partial charge in [0.05, 0.1) is 17.1 Å². The van der Waals surface area contributed by atoms with E-state index in [1.54, 1.807) is 12.1 Å². The van der Waals surface area contributed by atoms with E-state index in [4.69, 9.17) is 0 Å². The van der Waals surface area contributed by atoms with Gasteiger partial charge in [0.15, 0.2) is 0 Å². The normalized spacial score (nSPS) is 11.8. The molecule has 0 amide bonds. The lowest BCUT2D eigenvalue weighted by Crippen LogP contribution is -2.20. The van der Waals surface area contributed by atoms with Gasteiger partial charge in [-0.1, -0.05) is 12.1 Å². The number of hydrogen-bond acceptors (Lipinski definition) is 4. The Bertz CT molecular complexity index is 806. The molecule has 0 radical (unpaired) electrons. The molecular weight excluding hydrogens is 283 g/mol. The smallest absolute Gasteiger partial charge is 0.348 e. The van der Waals surface area contributed by atoms with Gasteiger partial charge in [-0.2, -0.15) is 13.8 Å². The van der Waals surface area contributed by atoms with Crippen molar-refractivity contribution in [2.75, 3.05) is 0 Å². The van der Waals surface area contributed by atoms with Crippen molar-refractivity contribution in [2.24, 2.45) is 0 Å². The number of para-hydroxylation sites is 1. The van der Waals surface area contributed by atoms with Crippen LogP contribution in [0, 0.1) is 5.82 Å². The first-order valence-corrected chi connectivity index (χ1v) is 5.94. The van der Waals surface area contributed by atoms with Gasteiger partial charge in [-0.05, 0) is 24.3 Å². The van der Waals surface area contributed by atoms with Gasteiger partial charge in [0.25, 0.3) is 0 Å². The lowest BCUT2D eigenvalue weighted by Gasteiger charge is -2.15. The maximum Gasteiger partial charge on any atom is 0.348 e. The van der Waals surface area contributed by atoms with Gasteiger partial charge < -0.3 is 5.11 Å². The molecule has 106 valence electrons. The number of nitrogens with zero attached hydrogens (tertiary/aromatic N) is 3. The molecule has 3 rings (SSSR count). The summed E-state index contributed by atoms with van der Waals surface area (Å²) in [4.78, 5) is 10.5. The molecule has 0 aliphatic heterocycles. The molecule has 0 atom stereocenters. The Morgan fingerprint density at radius 3 is 2.48 bits per heavy atom. The summed E-state index contributed by atoms with van der Waals surface area (Å²) in [5.74, 6) is -5.80. The molecule has 0 bridgehead atoms. The zero-order valence-electron chi connectivity index (χ0n) is 10.5. The maximum atomic E-state index is 14.3. The van der Waals surface area contributed by atoms with Crippen molar-refractivity contribution in [1.82, 2.24) is 15.0 Å². The van der Waals surface area contributed by atoms with Crippen molar-refractivity contribution in [2.45, 2.75) is 5.92 Å². The largest absolute Gasteiger partial charge is 0.493 e. The van der Waals surface area contributed by atoms with Crippen molar-refractivity contribution in [3.8, 4) is 5.88 Å². The lowest BCUT2D eigenvalue weighted by atomic mass is 10.2. The number of aromatic nitrogens is 3. The molecule has 0 saturated carbocycles. The van der Waals surface area contributed by atoms with Crippen LogP contribution in [0.2, 0.25) is 0 Å². The third-order valence-corrected chi connectivity index (χ3v) is 2.91. The predicted octanol–water partition coefficient (Wildman–Crippen LogP) is 3.01. The number of benzene rings is 1. The number of hydrogen-bond donors (Lipinski definition) is 1. The molecule has 0 aliphatic rings. The molecule has 4 nitrogen and oxygen atoms in total. The summed E-state index contributed by atoms with van der Waals surface area (Å²) >= 11 is 0. The van der Waals surface area contributed by atoms with Crippen molar-refractivity contribution in [1.29, 1.82) is 0 Å². The average molecular weight is 291 g/mol. The molecule has 0 fully saturated rings. The van der Waals surface area contributed by atoms with E-state index in [0.717, 1.165) is 12.1 Å². The molecule has 0 aliphatic carbocycles. The van der Waals surface area contributed by atoms with E-state index in [-0.39, 0.29) is 10.9 Å². The van der Waals surface area contributed by atoms with Crippen molar-refractivity contribution in [3.05, 3.63) is 59.9 Å². The topological polar surface area (TPSA) is 58.9 Å². The minimum Gasteiger partial charge on any atom is -0.493 e. The van der Waals surface area contributed by atoms with E-state index in [1.165, 1.54) is 12.1 Å². The molecular formula is C14H8F3N3O. The summed E-state index contributed by atoms with van der Waals surface area (Å²) in [6, 6.07) is 7.96. The van der Waals surface area contributed by atoms with Crippen LogP contribution in [0.1, 0.15) is 11.5 Å². The fourth-order valence-corrected chi connectivity index (χ4v) is 1.88. The highest BCUT2D eigenvalue weighted by molar-refractivity contribution is 5.83. The molecule has 2 heterocycles. The quantitative estimate of drug-likeness (QED) is 0.788. The molecule has 2 aromatic heterocycles. The van der Waals surface area contributed by atoms with Crippen LogP contribution < -0.4 is 0 Å². The van der Waals surface area contributed by atoms with E-state index in [0.29, 0.717) is 6.20 Å². The highest BCUT2D eigenvalue weighted by Gasteiger charge is 2.39. The van der Waals surface area contributed by atoms with Gasteiger partial charge in [-0.3, -0.25) is 4.98 Å². The predicted molar refractivity (Wildman–Crippen MR) is 68.4 cm³/mol. The van der Waals surface area contributed by atoms with Gasteiger partial charge >= 0.3 is 5.92 Å².